The molecule has 0 aliphatic carbocycles. The van der Waals surface area contributed by atoms with Crippen molar-refractivity contribution in [2.45, 2.75) is 19.9 Å². The van der Waals surface area contributed by atoms with Crippen molar-refractivity contribution in [3.8, 4) is 0 Å². The zero-order valence-corrected chi connectivity index (χ0v) is 9.81. The maximum absolute atomic E-state index is 11.8. The van der Waals surface area contributed by atoms with E-state index < -0.39 is 23.9 Å². The van der Waals surface area contributed by atoms with Gasteiger partial charge in [-0.3, -0.25) is 9.74 Å². The zero-order chi connectivity index (χ0) is 13.4. The molecule has 1 atom stereocenters. The Labute approximate surface area is 97.9 Å². The SMILES string of the molecule is C/C=C/C(=O)N(C)C(C(=O)OF)C(=O)OCC. The first-order valence-corrected chi connectivity index (χ1v) is 4.88. The third-order valence-electron chi connectivity index (χ3n) is 1.85. The second-order valence-corrected chi connectivity index (χ2v) is 3.00. The van der Waals surface area contributed by atoms with Gasteiger partial charge in [-0.05, 0) is 19.9 Å². The van der Waals surface area contributed by atoms with E-state index >= 15 is 0 Å². The van der Waals surface area contributed by atoms with Gasteiger partial charge in [0.1, 0.15) is 0 Å². The van der Waals surface area contributed by atoms with E-state index in [1.807, 2.05) is 0 Å². The van der Waals surface area contributed by atoms with Gasteiger partial charge in [0.05, 0.1) is 6.61 Å². The van der Waals surface area contributed by atoms with Gasteiger partial charge >= 0.3 is 11.9 Å². The molecule has 6 nitrogen and oxygen atoms in total. The molecular formula is C10H14FNO5. The molecule has 1 unspecified atom stereocenters. The molecule has 96 valence electrons. The van der Waals surface area contributed by atoms with Crippen LogP contribution in [0.4, 0.5) is 4.53 Å². The molecule has 0 aromatic carbocycles. The van der Waals surface area contributed by atoms with Gasteiger partial charge in [-0.2, -0.15) is 0 Å². The fourth-order valence-corrected chi connectivity index (χ4v) is 1.06. The summed E-state index contributed by atoms with van der Waals surface area (Å²) in [5.74, 6) is -3.18. The van der Waals surface area contributed by atoms with Gasteiger partial charge in [-0.25, -0.2) is 9.59 Å². The predicted octanol–water partition coefficient (Wildman–Crippen LogP) is 0.380. The van der Waals surface area contributed by atoms with Gasteiger partial charge in [0, 0.05) is 11.6 Å². The lowest BCUT2D eigenvalue weighted by Crippen LogP contribution is -2.48. The van der Waals surface area contributed by atoms with Crippen molar-refractivity contribution in [2.24, 2.45) is 0 Å². The minimum atomic E-state index is -1.75. The smallest absolute Gasteiger partial charge is 0.382 e. The minimum absolute atomic E-state index is 0.000542. The third-order valence-corrected chi connectivity index (χ3v) is 1.85. The van der Waals surface area contributed by atoms with Gasteiger partial charge in [0.25, 0.3) is 0 Å². The Morgan fingerprint density at radius 2 is 1.94 bits per heavy atom. The molecule has 7 heteroatoms. The van der Waals surface area contributed by atoms with E-state index in [-0.39, 0.29) is 6.61 Å². The van der Waals surface area contributed by atoms with Crippen LogP contribution in [0.5, 0.6) is 0 Å². The average molecular weight is 247 g/mol. The van der Waals surface area contributed by atoms with Crippen LogP contribution in [0.1, 0.15) is 13.8 Å². The summed E-state index contributed by atoms with van der Waals surface area (Å²) >= 11 is 0. The number of ether oxygens (including phenoxy) is 1. The van der Waals surface area contributed by atoms with Crippen LogP contribution in [0.15, 0.2) is 12.2 Å². The van der Waals surface area contributed by atoms with Crippen LogP contribution in [-0.4, -0.2) is 42.4 Å². The van der Waals surface area contributed by atoms with Crippen LogP contribution in [0.25, 0.3) is 0 Å². The second-order valence-electron chi connectivity index (χ2n) is 3.00. The van der Waals surface area contributed by atoms with E-state index in [2.05, 4.69) is 9.68 Å². The molecule has 1 amide bonds. The van der Waals surface area contributed by atoms with E-state index in [0.29, 0.717) is 0 Å². The molecular weight excluding hydrogens is 233 g/mol. The lowest BCUT2D eigenvalue weighted by molar-refractivity contribution is -0.194. The van der Waals surface area contributed by atoms with Crippen molar-refractivity contribution >= 4 is 17.8 Å². The van der Waals surface area contributed by atoms with Crippen molar-refractivity contribution < 1.29 is 28.6 Å². The highest BCUT2D eigenvalue weighted by atomic mass is 19.3. The van der Waals surface area contributed by atoms with Crippen LogP contribution in [0, 0.1) is 0 Å². The Kier molecular flexibility index (Phi) is 6.54. The largest absolute Gasteiger partial charge is 0.464 e. The normalized spacial score (nSPS) is 12.0. The highest BCUT2D eigenvalue weighted by molar-refractivity contribution is 6.03. The third kappa shape index (κ3) is 4.21. The summed E-state index contributed by atoms with van der Waals surface area (Å²) in [5.41, 5.74) is 0. The average Bonchev–Trinajstić information content (AvgIpc) is 2.29. The first kappa shape index (κ1) is 15.1. The van der Waals surface area contributed by atoms with E-state index in [0.717, 1.165) is 11.0 Å². The lowest BCUT2D eigenvalue weighted by atomic mass is 10.2. The highest BCUT2D eigenvalue weighted by Gasteiger charge is 2.36. The van der Waals surface area contributed by atoms with E-state index in [1.54, 1.807) is 6.92 Å². The molecule has 0 saturated carbocycles. The van der Waals surface area contributed by atoms with Crippen LogP contribution < -0.4 is 0 Å². The minimum Gasteiger partial charge on any atom is -0.464 e. The van der Waals surface area contributed by atoms with E-state index in [4.69, 9.17) is 0 Å². The molecule has 0 aliphatic rings. The lowest BCUT2D eigenvalue weighted by Gasteiger charge is -2.21. The summed E-state index contributed by atoms with van der Waals surface area (Å²) in [5, 5.41) is 0. The first-order chi connectivity index (χ1) is 7.99. The Hall–Kier alpha value is -1.92. The van der Waals surface area contributed by atoms with Gasteiger partial charge in [-0.15, -0.1) is 0 Å². The standard InChI is InChI=1S/C10H14FNO5/c1-4-6-7(13)12(3)8(10(15)17-11)9(14)16-5-2/h4,6,8H,5H2,1-3H3/b6-4+. The summed E-state index contributed by atoms with van der Waals surface area (Å²) < 4.78 is 16.4. The molecule has 0 heterocycles. The summed E-state index contributed by atoms with van der Waals surface area (Å²) in [7, 11) is 1.17. The van der Waals surface area contributed by atoms with E-state index in [1.165, 1.54) is 20.0 Å². The van der Waals surface area contributed by atoms with Crippen LogP contribution in [0.3, 0.4) is 0 Å². The number of allylic oxidation sites excluding steroid dienone is 1. The number of nitrogens with zero attached hydrogens (tertiary/aromatic N) is 1. The number of likely N-dealkylation sites (N-methyl/N-ethyl adjacent to an activating group) is 1. The fourth-order valence-electron chi connectivity index (χ4n) is 1.06. The number of hydrogen-bond acceptors (Lipinski definition) is 5. The van der Waals surface area contributed by atoms with Crippen molar-refractivity contribution in [1.29, 1.82) is 0 Å². The monoisotopic (exact) mass is 247 g/mol. The Bertz CT molecular complexity index is 329. The molecule has 0 aromatic heterocycles. The number of amides is 1. The Morgan fingerprint density at radius 1 is 1.35 bits per heavy atom. The molecule has 0 spiro atoms. The Morgan fingerprint density at radius 3 is 2.35 bits per heavy atom. The van der Waals surface area contributed by atoms with Gasteiger partial charge < -0.3 is 9.64 Å². The molecule has 0 rings (SSSR count). The summed E-state index contributed by atoms with van der Waals surface area (Å²) in [6, 6.07) is -1.75. The van der Waals surface area contributed by atoms with Crippen LogP contribution >= 0.6 is 0 Å². The number of carbonyl (C=O) groups is 3. The number of carbonyl (C=O) groups excluding carboxylic acids is 3. The topological polar surface area (TPSA) is 72.9 Å². The number of rotatable bonds is 5. The summed E-state index contributed by atoms with van der Waals surface area (Å²) in [6.45, 7) is 3.10. The number of hydrogen-bond donors (Lipinski definition) is 0. The van der Waals surface area contributed by atoms with Gasteiger partial charge in [0.15, 0.2) is 0 Å². The molecule has 0 N–H and O–H groups in total. The predicted molar refractivity (Wildman–Crippen MR) is 55.2 cm³/mol. The molecule has 0 radical (unpaired) electrons. The van der Waals surface area contributed by atoms with Gasteiger partial charge in [-0.1, -0.05) is 6.08 Å². The quantitative estimate of drug-likeness (QED) is 0.399. The Balaban J connectivity index is 4.97. The summed E-state index contributed by atoms with van der Waals surface area (Å²) in [4.78, 5) is 37.6. The molecule has 0 fully saturated rings. The zero-order valence-electron chi connectivity index (χ0n) is 9.81. The van der Waals surface area contributed by atoms with Crippen molar-refractivity contribution in [3.05, 3.63) is 12.2 Å². The molecule has 0 saturated heterocycles. The van der Waals surface area contributed by atoms with Gasteiger partial charge in [0.2, 0.25) is 11.9 Å². The maximum atomic E-state index is 11.8. The number of halogens is 1. The first-order valence-electron chi connectivity index (χ1n) is 4.88. The summed E-state index contributed by atoms with van der Waals surface area (Å²) in [6.07, 6.45) is 2.54. The maximum Gasteiger partial charge on any atom is 0.382 e. The molecule has 0 aliphatic heterocycles. The van der Waals surface area contributed by atoms with E-state index in [9.17, 15) is 18.9 Å². The highest BCUT2D eigenvalue weighted by Crippen LogP contribution is 2.04. The number of esters is 1. The van der Waals surface area contributed by atoms with Crippen molar-refractivity contribution in [1.82, 2.24) is 4.90 Å². The van der Waals surface area contributed by atoms with Crippen LogP contribution in [0.2, 0.25) is 0 Å². The molecule has 0 bridgehead atoms. The molecule has 17 heavy (non-hydrogen) atoms. The van der Waals surface area contributed by atoms with Crippen LogP contribution in [-0.2, 0) is 24.1 Å². The van der Waals surface area contributed by atoms with Crippen molar-refractivity contribution in [2.75, 3.05) is 13.7 Å². The van der Waals surface area contributed by atoms with Crippen molar-refractivity contribution in [3.63, 3.8) is 0 Å². The molecule has 0 aromatic rings. The fraction of sp³-hybridized carbons (Fsp3) is 0.500. The second kappa shape index (κ2) is 7.37.